The lowest BCUT2D eigenvalue weighted by molar-refractivity contribution is -0.120. The van der Waals surface area contributed by atoms with Crippen LogP contribution in [0.3, 0.4) is 0 Å². The van der Waals surface area contributed by atoms with Gasteiger partial charge in [0.1, 0.15) is 5.75 Å². The van der Waals surface area contributed by atoms with Crippen molar-refractivity contribution in [1.29, 1.82) is 0 Å². The molecule has 8 heteroatoms. The van der Waals surface area contributed by atoms with Crippen LogP contribution in [0, 0.1) is 6.92 Å². The molecule has 0 aliphatic heterocycles. The topological polar surface area (TPSA) is 106 Å². The van der Waals surface area contributed by atoms with Crippen LogP contribution < -0.4 is 15.4 Å². The number of aromatic nitrogens is 2. The Kier molecular flexibility index (Phi) is 6.98. The monoisotopic (exact) mass is 456 g/mol. The van der Waals surface area contributed by atoms with Gasteiger partial charge >= 0.3 is 0 Å². The summed E-state index contributed by atoms with van der Waals surface area (Å²) in [6.07, 6.45) is 0. The maximum absolute atomic E-state index is 12.4. The molecule has 172 valence electrons. The van der Waals surface area contributed by atoms with E-state index < -0.39 is 0 Å². The normalized spacial score (nSPS) is 10.5. The molecule has 34 heavy (non-hydrogen) atoms. The summed E-state index contributed by atoms with van der Waals surface area (Å²) in [5.74, 6) is 0.911. The average Bonchev–Trinajstić information content (AvgIpc) is 3.37. The SMILES string of the molecule is COc1ccc(CNC(=O)CNC(=O)c2ccc(-c3nnc(-c4cccc(C)c4)o3)cc2)cc1. The van der Waals surface area contributed by atoms with Gasteiger partial charge in [-0.2, -0.15) is 0 Å². The number of benzene rings is 3. The highest BCUT2D eigenvalue weighted by molar-refractivity contribution is 5.96. The number of aryl methyl sites for hydroxylation is 1. The van der Waals surface area contributed by atoms with Gasteiger partial charge in [0.2, 0.25) is 17.7 Å². The minimum atomic E-state index is -0.350. The third-order valence-electron chi connectivity index (χ3n) is 5.14. The van der Waals surface area contributed by atoms with Crippen LogP contribution in [0.15, 0.2) is 77.2 Å². The van der Waals surface area contributed by atoms with E-state index in [-0.39, 0.29) is 18.4 Å². The fourth-order valence-electron chi connectivity index (χ4n) is 3.27. The van der Waals surface area contributed by atoms with E-state index in [0.29, 0.717) is 29.5 Å². The number of hydrogen-bond donors (Lipinski definition) is 2. The second-order valence-corrected chi connectivity index (χ2v) is 7.67. The van der Waals surface area contributed by atoms with Gasteiger partial charge in [-0.05, 0) is 61.0 Å². The van der Waals surface area contributed by atoms with Crippen molar-refractivity contribution in [2.75, 3.05) is 13.7 Å². The standard InChI is InChI=1S/C26H24N4O4/c1-17-4-3-5-21(14-17)26-30-29-25(34-26)20-10-8-19(9-11-20)24(32)28-16-23(31)27-15-18-6-12-22(33-2)13-7-18/h3-14H,15-16H2,1-2H3,(H,27,31)(H,28,32). The van der Waals surface area contributed by atoms with Gasteiger partial charge in [0.05, 0.1) is 13.7 Å². The number of methoxy groups -OCH3 is 1. The third-order valence-corrected chi connectivity index (χ3v) is 5.14. The lowest BCUT2D eigenvalue weighted by Crippen LogP contribution is -2.36. The number of carbonyl (C=O) groups excluding carboxylic acids is 2. The molecule has 1 heterocycles. The summed E-state index contributed by atoms with van der Waals surface area (Å²) in [6, 6.07) is 21.9. The van der Waals surface area contributed by atoms with Crippen LogP contribution in [0.1, 0.15) is 21.5 Å². The van der Waals surface area contributed by atoms with Crippen LogP contribution in [-0.4, -0.2) is 35.7 Å². The zero-order valence-electron chi connectivity index (χ0n) is 18.9. The van der Waals surface area contributed by atoms with E-state index in [2.05, 4.69) is 20.8 Å². The van der Waals surface area contributed by atoms with Gasteiger partial charge in [-0.3, -0.25) is 9.59 Å². The quantitative estimate of drug-likeness (QED) is 0.418. The molecule has 0 unspecified atom stereocenters. The molecule has 1 aromatic heterocycles. The van der Waals surface area contributed by atoms with Crippen molar-refractivity contribution in [3.05, 3.63) is 89.5 Å². The van der Waals surface area contributed by atoms with Crippen molar-refractivity contribution in [2.45, 2.75) is 13.5 Å². The average molecular weight is 457 g/mol. The first-order chi connectivity index (χ1) is 16.5. The van der Waals surface area contributed by atoms with Gasteiger partial charge < -0.3 is 19.8 Å². The molecule has 0 spiro atoms. The predicted octanol–water partition coefficient (Wildman–Crippen LogP) is 3.77. The van der Waals surface area contributed by atoms with E-state index in [9.17, 15) is 9.59 Å². The van der Waals surface area contributed by atoms with Crippen LogP contribution >= 0.6 is 0 Å². The van der Waals surface area contributed by atoms with Crippen LogP contribution in [0.25, 0.3) is 22.9 Å². The molecule has 0 bridgehead atoms. The summed E-state index contributed by atoms with van der Waals surface area (Å²) in [4.78, 5) is 24.5. The molecule has 2 N–H and O–H groups in total. The molecule has 0 fully saturated rings. The number of nitrogens with one attached hydrogen (secondary N) is 2. The van der Waals surface area contributed by atoms with E-state index in [4.69, 9.17) is 9.15 Å². The Morgan fingerprint density at radius 3 is 2.26 bits per heavy atom. The highest BCUT2D eigenvalue weighted by Gasteiger charge is 2.13. The van der Waals surface area contributed by atoms with E-state index in [1.54, 1.807) is 31.4 Å². The summed E-state index contributed by atoms with van der Waals surface area (Å²) in [5.41, 5.74) is 4.00. The van der Waals surface area contributed by atoms with Gasteiger partial charge in [0.25, 0.3) is 5.91 Å². The second-order valence-electron chi connectivity index (χ2n) is 7.67. The minimum absolute atomic E-state index is 0.125. The summed E-state index contributed by atoms with van der Waals surface area (Å²) in [7, 11) is 1.60. The summed E-state index contributed by atoms with van der Waals surface area (Å²) >= 11 is 0. The van der Waals surface area contributed by atoms with E-state index in [0.717, 1.165) is 22.4 Å². The van der Waals surface area contributed by atoms with Gasteiger partial charge in [0.15, 0.2) is 0 Å². The smallest absolute Gasteiger partial charge is 0.251 e. The Hall–Kier alpha value is -4.46. The first-order valence-electron chi connectivity index (χ1n) is 10.7. The van der Waals surface area contributed by atoms with Gasteiger partial charge in [-0.15, -0.1) is 10.2 Å². The Morgan fingerprint density at radius 1 is 0.882 bits per heavy atom. The summed E-state index contributed by atoms with van der Waals surface area (Å²) in [5, 5.41) is 13.6. The molecule has 3 aromatic carbocycles. The van der Waals surface area contributed by atoms with Crippen LogP contribution in [-0.2, 0) is 11.3 Å². The first kappa shape index (κ1) is 22.7. The molecular formula is C26H24N4O4. The van der Waals surface area contributed by atoms with E-state index in [1.807, 2.05) is 55.5 Å². The zero-order chi connectivity index (χ0) is 23.9. The fourth-order valence-corrected chi connectivity index (χ4v) is 3.27. The highest BCUT2D eigenvalue weighted by Crippen LogP contribution is 2.24. The lowest BCUT2D eigenvalue weighted by atomic mass is 10.1. The molecule has 0 saturated heterocycles. The molecule has 0 aliphatic carbocycles. The first-order valence-corrected chi connectivity index (χ1v) is 10.7. The van der Waals surface area contributed by atoms with Crippen molar-refractivity contribution in [2.24, 2.45) is 0 Å². The Labute approximate surface area is 197 Å². The fraction of sp³-hybridized carbons (Fsp3) is 0.154. The Balaban J connectivity index is 1.29. The van der Waals surface area contributed by atoms with Crippen LogP contribution in [0.5, 0.6) is 5.75 Å². The van der Waals surface area contributed by atoms with Crippen molar-refractivity contribution in [3.8, 4) is 28.7 Å². The molecule has 4 rings (SSSR count). The molecule has 0 saturated carbocycles. The maximum Gasteiger partial charge on any atom is 0.251 e. The number of carbonyl (C=O) groups is 2. The summed E-state index contributed by atoms with van der Waals surface area (Å²) < 4.78 is 10.9. The number of ether oxygens (including phenoxy) is 1. The van der Waals surface area contributed by atoms with Gasteiger partial charge in [-0.1, -0.05) is 29.8 Å². The van der Waals surface area contributed by atoms with Crippen molar-refractivity contribution >= 4 is 11.8 Å². The number of rotatable bonds is 8. The number of amides is 2. The molecular weight excluding hydrogens is 432 g/mol. The molecule has 4 aromatic rings. The predicted molar refractivity (Wildman–Crippen MR) is 127 cm³/mol. The minimum Gasteiger partial charge on any atom is -0.497 e. The number of hydrogen-bond acceptors (Lipinski definition) is 6. The van der Waals surface area contributed by atoms with E-state index >= 15 is 0 Å². The molecule has 0 radical (unpaired) electrons. The zero-order valence-corrected chi connectivity index (χ0v) is 18.9. The molecule has 8 nitrogen and oxygen atoms in total. The van der Waals surface area contributed by atoms with Gasteiger partial charge in [0, 0.05) is 23.2 Å². The molecule has 0 aliphatic rings. The van der Waals surface area contributed by atoms with Gasteiger partial charge in [-0.25, -0.2) is 0 Å². The molecule has 2 amide bonds. The van der Waals surface area contributed by atoms with Crippen molar-refractivity contribution in [3.63, 3.8) is 0 Å². The van der Waals surface area contributed by atoms with Crippen molar-refractivity contribution in [1.82, 2.24) is 20.8 Å². The largest absolute Gasteiger partial charge is 0.497 e. The Morgan fingerprint density at radius 2 is 1.59 bits per heavy atom. The lowest BCUT2D eigenvalue weighted by Gasteiger charge is -2.08. The summed E-state index contributed by atoms with van der Waals surface area (Å²) in [6.45, 7) is 2.23. The maximum atomic E-state index is 12.4. The highest BCUT2D eigenvalue weighted by atomic mass is 16.5. The van der Waals surface area contributed by atoms with Crippen LogP contribution in [0.4, 0.5) is 0 Å². The second kappa shape index (κ2) is 10.4. The Bertz CT molecular complexity index is 1280. The molecule has 0 atom stereocenters. The van der Waals surface area contributed by atoms with Crippen LogP contribution in [0.2, 0.25) is 0 Å². The third kappa shape index (κ3) is 5.66. The number of nitrogens with zero attached hydrogens (tertiary/aromatic N) is 2. The van der Waals surface area contributed by atoms with E-state index in [1.165, 1.54) is 0 Å². The van der Waals surface area contributed by atoms with Crippen molar-refractivity contribution < 1.29 is 18.7 Å².